The third kappa shape index (κ3) is 2.12. The smallest absolute Gasteiger partial charge is 0.116 e. The van der Waals surface area contributed by atoms with E-state index in [-0.39, 0.29) is 0 Å². The summed E-state index contributed by atoms with van der Waals surface area (Å²) in [7, 11) is 0. The van der Waals surface area contributed by atoms with E-state index in [1.807, 2.05) is 12.1 Å². The van der Waals surface area contributed by atoms with Crippen LogP contribution >= 0.6 is 0 Å². The van der Waals surface area contributed by atoms with E-state index < -0.39 is 0 Å². The fraction of sp³-hybridized carbons (Fsp3) is 0.500. The van der Waals surface area contributed by atoms with Crippen LogP contribution in [-0.2, 0) is 12.8 Å². The Kier molecular flexibility index (Phi) is 3.23. The van der Waals surface area contributed by atoms with E-state index in [4.69, 9.17) is 0 Å². The van der Waals surface area contributed by atoms with Crippen molar-refractivity contribution in [2.24, 2.45) is 0 Å². The second-order valence-electron chi connectivity index (χ2n) is 5.43. The van der Waals surface area contributed by atoms with Gasteiger partial charge in [-0.25, -0.2) is 0 Å². The summed E-state index contributed by atoms with van der Waals surface area (Å²) in [5.74, 6) is 0.360. The van der Waals surface area contributed by atoms with Gasteiger partial charge in [0.05, 0.1) is 0 Å². The van der Waals surface area contributed by atoms with E-state index in [9.17, 15) is 5.11 Å². The lowest BCUT2D eigenvalue weighted by Crippen LogP contribution is -2.38. The lowest BCUT2D eigenvalue weighted by Gasteiger charge is -2.32. The molecule has 1 unspecified atom stereocenters. The normalized spacial score (nSPS) is 19.0. The molecular formula is C16H22N2O. The molecule has 0 saturated carbocycles. The first-order chi connectivity index (χ1) is 9.22. The molecule has 0 spiro atoms. The van der Waals surface area contributed by atoms with E-state index in [0.29, 0.717) is 11.8 Å². The van der Waals surface area contributed by atoms with Crippen molar-refractivity contribution in [3.8, 4) is 5.75 Å². The molecule has 3 heteroatoms. The summed E-state index contributed by atoms with van der Waals surface area (Å²) in [4.78, 5) is 6.06. The van der Waals surface area contributed by atoms with Crippen LogP contribution in [0, 0.1) is 0 Å². The van der Waals surface area contributed by atoms with Crippen LogP contribution in [0.25, 0.3) is 10.9 Å². The number of hydrogen-bond donors (Lipinski definition) is 2. The van der Waals surface area contributed by atoms with Gasteiger partial charge in [-0.05, 0) is 56.1 Å². The molecule has 1 aliphatic carbocycles. The lowest BCUT2D eigenvalue weighted by atomic mass is 9.90. The van der Waals surface area contributed by atoms with Gasteiger partial charge < -0.3 is 15.0 Å². The van der Waals surface area contributed by atoms with Gasteiger partial charge in [-0.3, -0.25) is 0 Å². The highest BCUT2D eigenvalue weighted by atomic mass is 16.3. The van der Waals surface area contributed by atoms with Crippen LogP contribution in [0.3, 0.4) is 0 Å². The van der Waals surface area contributed by atoms with Gasteiger partial charge in [0.25, 0.3) is 0 Å². The highest BCUT2D eigenvalue weighted by Crippen LogP contribution is 2.32. The van der Waals surface area contributed by atoms with Crippen LogP contribution in [0.2, 0.25) is 0 Å². The van der Waals surface area contributed by atoms with Crippen molar-refractivity contribution in [2.45, 2.75) is 39.2 Å². The van der Waals surface area contributed by atoms with Gasteiger partial charge in [-0.15, -0.1) is 0 Å². The van der Waals surface area contributed by atoms with Crippen LogP contribution in [0.15, 0.2) is 18.2 Å². The average molecular weight is 258 g/mol. The lowest BCUT2D eigenvalue weighted by molar-refractivity contribution is 0.199. The third-order valence-electron chi connectivity index (χ3n) is 4.47. The van der Waals surface area contributed by atoms with Crippen molar-refractivity contribution in [1.82, 2.24) is 9.88 Å². The summed E-state index contributed by atoms with van der Waals surface area (Å²) in [5, 5.41) is 10.9. The molecule has 0 saturated heterocycles. The Hall–Kier alpha value is -1.48. The maximum absolute atomic E-state index is 9.69. The monoisotopic (exact) mass is 258 g/mol. The molecule has 0 fully saturated rings. The molecule has 1 atom stereocenters. The predicted molar refractivity (Wildman–Crippen MR) is 78.7 cm³/mol. The minimum Gasteiger partial charge on any atom is -0.508 e. The third-order valence-corrected chi connectivity index (χ3v) is 4.47. The zero-order chi connectivity index (χ0) is 13.4. The zero-order valence-electron chi connectivity index (χ0n) is 11.7. The Balaban J connectivity index is 1.99. The highest BCUT2D eigenvalue weighted by molar-refractivity contribution is 5.86. The van der Waals surface area contributed by atoms with Crippen LogP contribution in [-0.4, -0.2) is 34.1 Å². The number of rotatable bonds is 3. The number of nitrogens with zero attached hydrogens (tertiary/aromatic N) is 1. The number of likely N-dealkylation sites (N-methyl/N-ethyl adjacent to an activating group) is 1. The van der Waals surface area contributed by atoms with Gasteiger partial charge in [0, 0.05) is 22.6 Å². The van der Waals surface area contributed by atoms with Crippen LogP contribution in [0.4, 0.5) is 0 Å². The van der Waals surface area contributed by atoms with Gasteiger partial charge in [0.2, 0.25) is 0 Å². The first-order valence-corrected chi connectivity index (χ1v) is 7.29. The molecule has 1 heterocycles. The Labute approximate surface area is 114 Å². The summed E-state index contributed by atoms with van der Waals surface area (Å²) in [6, 6.07) is 6.28. The zero-order valence-corrected chi connectivity index (χ0v) is 11.7. The number of benzene rings is 1. The van der Waals surface area contributed by atoms with Crippen LogP contribution < -0.4 is 0 Å². The van der Waals surface area contributed by atoms with E-state index in [1.165, 1.54) is 23.1 Å². The molecule has 0 radical (unpaired) electrons. The van der Waals surface area contributed by atoms with Crippen molar-refractivity contribution in [1.29, 1.82) is 0 Å². The standard InChI is InChI=1S/C16H22N2O/c1-3-18(4-2)11-5-7-15-13(9-11)14-10-12(19)6-8-16(14)17-15/h6,8,10-11,17,19H,3-5,7,9H2,1-2H3. The van der Waals surface area contributed by atoms with E-state index in [0.717, 1.165) is 31.4 Å². The minimum absolute atomic E-state index is 0.360. The fourth-order valence-corrected chi connectivity index (χ4v) is 3.44. The second kappa shape index (κ2) is 4.89. The van der Waals surface area contributed by atoms with Crippen LogP contribution in [0.5, 0.6) is 5.75 Å². The number of hydrogen-bond acceptors (Lipinski definition) is 2. The number of phenols is 1. The van der Waals surface area contributed by atoms with Gasteiger partial charge in [0.15, 0.2) is 0 Å². The molecule has 19 heavy (non-hydrogen) atoms. The van der Waals surface area contributed by atoms with Gasteiger partial charge in [0.1, 0.15) is 5.75 Å². The molecule has 3 rings (SSSR count). The quantitative estimate of drug-likeness (QED) is 0.888. The second-order valence-corrected chi connectivity index (χ2v) is 5.43. The minimum atomic E-state index is 0.360. The number of aromatic hydroxyl groups is 1. The number of aromatic nitrogens is 1. The molecule has 3 nitrogen and oxygen atoms in total. The van der Waals surface area contributed by atoms with E-state index in [2.05, 4.69) is 23.7 Å². The molecule has 0 aliphatic heterocycles. The summed E-state index contributed by atoms with van der Waals surface area (Å²) in [6.07, 6.45) is 3.44. The molecule has 1 aliphatic rings. The van der Waals surface area contributed by atoms with E-state index >= 15 is 0 Å². The molecule has 0 bridgehead atoms. The number of H-pyrrole nitrogens is 1. The fourth-order valence-electron chi connectivity index (χ4n) is 3.44. The Morgan fingerprint density at radius 3 is 2.84 bits per heavy atom. The number of nitrogens with one attached hydrogen (secondary N) is 1. The topological polar surface area (TPSA) is 39.3 Å². The first-order valence-electron chi connectivity index (χ1n) is 7.29. The molecule has 2 N–H and O–H groups in total. The van der Waals surface area contributed by atoms with Gasteiger partial charge in [-0.1, -0.05) is 13.8 Å². The number of aryl methyl sites for hydroxylation is 1. The maximum Gasteiger partial charge on any atom is 0.116 e. The number of phenolic OH excluding ortho intramolecular Hbond substituents is 1. The summed E-state index contributed by atoms with van der Waals surface area (Å²) in [6.45, 7) is 6.70. The summed E-state index contributed by atoms with van der Waals surface area (Å²) >= 11 is 0. The van der Waals surface area contributed by atoms with Gasteiger partial charge in [-0.2, -0.15) is 0 Å². The Morgan fingerprint density at radius 2 is 2.11 bits per heavy atom. The molecule has 1 aromatic heterocycles. The van der Waals surface area contributed by atoms with Crippen molar-refractivity contribution < 1.29 is 5.11 Å². The number of aromatic amines is 1. The van der Waals surface area contributed by atoms with Crippen molar-refractivity contribution in [3.63, 3.8) is 0 Å². The molecule has 1 aromatic carbocycles. The molecular weight excluding hydrogens is 236 g/mol. The van der Waals surface area contributed by atoms with Gasteiger partial charge >= 0.3 is 0 Å². The summed E-state index contributed by atoms with van der Waals surface area (Å²) in [5.41, 5.74) is 3.93. The SMILES string of the molecule is CCN(CC)C1CCc2[nH]c3ccc(O)cc3c2C1. The molecule has 0 amide bonds. The average Bonchev–Trinajstić information content (AvgIpc) is 2.78. The Bertz CT molecular complexity index is 584. The van der Waals surface area contributed by atoms with E-state index in [1.54, 1.807) is 6.07 Å². The maximum atomic E-state index is 9.69. The molecule has 2 aromatic rings. The largest absolute Gasteiger partial charge is 0.508 e. The first kappa shape index (κ1) is 12.5. The van der Waals surface area contributed by atoms with Crippen LogP contribution in [0.1, 0.15) is 31.5 Å². The number of fused-ring (bicyclic) bond motifs is 3. The summed E-state index contributed by atoms with van der Waals surface area (Å²) < 4.78 is 0. The predicted octanol–water partition coefficient (Wildman–Crippen LogP) is 3.07. The molecule has 102 valence electrons. The van der Waals surface area contributed by atoms with Crippen molar-refractivity contribution in [3.05, 3.63) is 29.5 Å². The van der Waals surface area contributed by atoms with Crippen molar-refractivity contribution in [2.75, 3.05) is 13.1 Å². The highest BCUT2D eigenvalue weighted by Gasteiger charge is 2.25. The van der Waals surface area contributed by atoms with Crippen molar-refractivity contribution >= 4 is 10.9 Å². The Morgan fingerprint density at radius 1 is 1.32 bits per heavy atom.